The summed E-state index contributed by atoms with van der Waals surface area (Å²) in [7, 11) is 0. The van der Waals surface area contributed by atoms with Crippen LogP contribution in [0.25, 0.3) is 0 Å². The first kappa shape index (κ1) is 7.56. The third-order valence-corrected chi connectivity index (χ3v) is 3.32. The second-order valence-electron chi connectivity index (χ2n) is 4.39. The Bertz CT molecular complexity index is 336. The van der Waals surface area contributed by atoms with Crippen molar-refractivity contribution in [3.8, 4) is 0 Å². The maximum atomic E-state index is 6.15. The van der Waals surface area contributed by atoms with E-state index in [9.17, 15) is 0 Å². The molecule has 3 nitrogen and oxygen atoms in total. The highest BCUT2D eigenvalue weighted by molar-refractivity contribution is 5.35. The lowest BCUT2D eigenvalue weighted by Crippen LogP contribution is -2.21. The summed E-state index contributed by atoms with van der Waals surface area (Å²) in [6, 6.07) is 0. The molecule has 3 rings (SSSR count). The van der Waals surface area contributed by atoms with E-state index in [1.807, 2.05) is 0 Å². The van der Waals surface area contributed by atoms with Crippen LogP contribution in [0.15, 0.2) is 0 Å². The Morgan fingerprint density at radius 1 is 1.23 bits per heavy atom. The van der Waals surface area contributed by atoms with Gasteiger partial charge in [0.05, 0.1) is 11.2 Å². The Balaban J connectivity index is 2.06. The van der Waals surface area contributed by atoms with Crippen LogP contribution >= 0.6 is 0 Å². The van der Waals surface area contributed by atoms with Crippen molar-refractivity contribution >= 4 is 0 Å². The second-order valence-corrected chi connectivity index (χ2v) is 4.39. The van der Waals surface area contributed by atoms with E-state index < -0.39 is 0 Å². The van der Waals surface area contributed by atoms with Crippen molar-refractivity contribution in [2.75, 3.05) is 0 Å². The lowest BCUT2D eigenvalue weighted by molar-refractivity contribution is 0.653. The van der Waals surface area contributed by atoms with E-state index in [0.29, 0.717) is 0 Å². The third-order valence-electron chi connectivity index (χ3n) is 3.32. The summed E-state index contributed by atoms with van der Waals surface area (Å²) in [4.78, 5) is 0. The van der Waals surface area contributed by atoms with Crippen LogP contribution in [0.2, 0.25) is 0 Å². The van der Waals surface area contributed by atoms with E-state index in [1.165, 1.54) is 42.6 Å². The number of aromatic amines is 1. The summed E-state index contributed by atoms with van der Waals surface area (Å²) >= 11 is 0. The number of nitrogens with zero attached hydrogens (tertiary/aromatic N) is 1. The van der Waals surface area contributed by atoms with E-state index in [-0.39, 0.29) is 5.54 Å². The molecule has 1 fully saturated rings. The molecule has 1 heterocycles. The molecule has 0 radical (unpaired) electrons. The number of hydrogen-bond donors (Lipinski definition) is 2. The summed E-state index contributed by atoms with van der Waals surface area (Å²) < 4.78 is 0. The maximum absolute atomic E-state index is 6.15. The molecule has 3 N–H and O–H groups in total. The zero-order valence-corrected chi connectivity index (χ0v) is 7.77. The maximum Gasteiger partial charge on any atom is 0.0855 e. The lowest BCUT2D eigenvalue weighted by atomic mass is 9.93. The zero-order chi connectivity index (χ0) is 8.89. The van der Waals surface area contributed by atoms with Crippen LogP contribution in [0.5, 0.6) is 0 Å². The van der Waals surface area contributed by atoms with Gasteiger partial charge >= 0.3 is 0 Å². The molecule has 0 unspecified atom stereocenters. The topological polar surface area (TPSA) is 54.7 Å². The van der Waals surface area contributed by atoms with Crippen molar-refractivity contribution in [3.05, 3.63) is 17.0 Å². The zero-order valence-electron chi connectivity index (χ0n) is 7.77. The Hall–Kier alpha value is -0.830. The lowest BCUT2D eigenvalue weighted by Gasteiger charge is -2.13. The SMILES string of the molecule is NC1(c2n[nH]c3c2CCCC3)CC1. The normalized spacial score (nSPS) is 24.1. The van der Waals surface area contributed by atoms with E-state index in [4.69, 9.17) is 5.73 Å². The fraction of sp³-hybridized carbons (Fsp3) is 0.700. The van der Waals surface area contributed by atoms with Crippen LogP contribution in [0.3, 0.4) is 0 Å². The van der Waals surface area contributed by atoms with E-state index in [2.05, 4.69) is 10.2 Å². The highest BCUT2D eigenvalue weighted by Gasteiger charge is 2.44. The number of hydrogen-bond acceptors (Lipinski definition) is 2. The van der Waals surface area contributed by atoms with Crippen LogP contribution in [0.4, 0.5) is 0 Å². The van der Waals surface area contributed by atoms with Gasteiger partial charge in [-0.15, -0.1) is 0 Å². The largest absolute Gasteiger partial charge is 0.320 e. The number of rotatable bonds is 1. The average molecular weight is 177 g/mol. The number of fused-ring (bicyclic) bond motifs is 1. The molecule has 2 aliphatic rings. The first-order valence-electron chi connectivity index (χ1n) is 5.15. The van der Waals surface area contributed by atoms with Crippen LogP contribution in [-0.2, 0) is 18.4 Å². The van der Waals surface area contributed by atoms with Crippen molar-refractivity contribution in [1.82, 2.24) is 10.2 Å². The molecule has 0 atom stereocenters. The molecule has 0 bridgehead atoms. The molecule has 70 valence electrons. The van der Waals surface area contributed by atoms with Crippen LogP contribution in [-0.4, -0.2) is 10.2 Å². The fourth-order valence-electron chi connectivity index (χ4n) is 2.26. The first-order valence-corrected chi connectivity index (χ1v) is 5.15. The Kier molecular flexibility index (Phi) is 1.37. The molecule has 0 saturated heterocycles. The summed E-state index contributed by atoms with van der Waals surface area (Å²) in [5.41, 5.74) is 10.1. The average Bonchev–Trinajstić information content (AvgIpc) is 2.76. The predicted molar refractivity (Wildman–Crippen MR) is 50.3 cm³/mol. The molecule has 1 aromatic heterocycles. The highest BCUT2D eigenvalue weighted by Crippen LogP contribution is 2.44. The summed E-state index contributed by atoms with van der Waals surface area (Å²) in [6.45, 7) is 0. The van der Waals surface area contributed by atoms with Gasteiger partial charge in [0.25, 0.3) is 0 Å². The van der Waals surface area contributed by atoms with Gasteiger partial charge < -0.3 is 5.73 Å². The molecule has 0 amide bonds. The van der Waals surface area contributed by atoms with Crippen LogP contribution in [0, 0.1) is 0 Å². The van der Waals surface area contributed by atoms with Crippen molar-refractivity contribution < 1.29 is 0 Å². The van der Waals surface area contributed by atoms with Gasteiger partial charge in [0, 0.05) is 5.69 Å². The molecule has 0 aliphatic heterocycles. The van der Waals surface area contributed by atoms with E-state index in [0.717, 1.165) is 12.8 Å². The van der Waals surface area contributed by atoms with Crippen molar-refractivity contribution in [2.45, 2.75) is 44.1 Å². The number of nitrogens with one attached hydrogen (secondary N) is 1. The molecule has 0 spiro atoms. The van der Waals surface area contributed by atoms with Gasteiger partial charge in [-0.3, -0.25) is 5.10 Å². The number of nitrogens with two attached hydrogens (primary N) is 1. The molecule has 2 aliphatic carbocycles. The van der Waals surface area contributed by atoms with E-state index >= 15 is 0 Å². The number of aromatic nitrogens is 2. The summed E-state index contributed by atoms with van der Waals surface area (Å²) in [6.07, 6.45) is 7.18. The van der Waals surface area contributed by atoms with Crippen molar-refractivity contribution in [2.24, 2.45) is 5.73 Å². The minimum absolute atomic E-state index is 0.0541. The summed E-state index contributed by atoms with van der Waals surface area (Å²) in [5, 5.41) is 7.52. The smallest absolute Gasteiger partial charge is 0.0855 e. The van der Waals surface area contributed by atoms with Crippen molar-refractivity contribution in [1.29, 1.82) is 0 Å². The minimum Gasteiger partial charge on any atom is -0.320 e. The van der Waals surface area contributed by atoms with Gasteiger partial charge in [0.2, 0.25) is 0 Å². The fourth-order valence-corrected chi connectivity index (χ4v) is 2.26. The molecule has 1 aromatic rings. The van der Waals surface area contributed by atoms with Gasteiger partial charge in [0.1, 0.15) is 0 Å². The van der Waals surface area contributed by atoms with Gasteiger partial charge in [-0.25, -0.2) is 0 Å². The van der Waals surface area contributed by atoms with Gasteiger partial charge in [-0.2, -0.15) is 5.10 Å². The van der Waals surface area contributed by atoms with E-state index in [1.54, 1.807) is 0 Å². The number of aryl methyl sites for hydroxylation is 1. The highest BCUT2D eigenvalue weighted by atomic mass is 15.1. The quantitative estimate of drug-likeness (QED) is 0.678. The minimum atomic E-state index is -0.0541. The van der Waals surface area contributed by atoms with Crippen molar-refractivity contribution in [3.63, 3.8) is 0 Å². The van der Waals surface area contributed by atoms with Crippen LogP contribution < -0.4 is 5.73 Å². The van der Waals surface area contributed by atoms with Gasteiger partial charge in [-0.1, -0.05) is 0 Å². The van der Waals surface area contributed by atoms with Gasteiger partial charge in [0.15, 0.2) is 0 Å². The molecular formula is C10H15N3. The number of H-pyrrole nitrogens is 1. The summed E-state index contributed by atoms with van der Waals surface area (Å²) in [5.74, 6) is 0. The predicted octanol–water partition coefficient (Wildman–Crippen LogP) is 1.24. The Morgan fingerprint density at radius 3 is 2.77 bits per heavy atom. The molecule has 0 aromatic carbocycles. The van der Waals surface area contributed by atoms with Gasteiger partial charge in [-0.05, 0) is 44.1 Å². The molecule has 3 heteroatoms. The molecule has 1 saturated carbocycles. The first-order chi connectivity index (χ1) is 6.30. The second kappa shape index (κ2) is 2.35. The van der Waals surface area contributed by atoms with Crippen LogP contribution in [0.1, 0.15) is 42.6 Å². The Labute approximate surface area is 77.7 Å². The Morgan fingerprint density at radius 2 is 2.00 bits per heavy atom. The standard InChI is InChI=1S/C10H15N3/c11-10(5-6-10)9-7-3-1-2-4-8(7)12-13-9/h1-6,11H2,(H,12,13). The monoisotopic (exact) mass is 177 g/mol. The third kappa shape index (κ3) is 1.03. The molecular weight excluding hydrogens is 162 g/mol. The molecule has 13 heavy (non-hydrogen) atoms.